The van der Waals surface area contributed by atoms with Gasteiger partial charge in [0.05, 0.1) is 17.2 Å². The van der Waals surface area contributed by atoms with Crippen molar-refractivity contribution in [2.45, 2.75) is 45.1 Å². The number of carbonyl (C=O) groups is 1. The summed E-state index contributed by atoms with van der Waals surface area (Å²) in [6, 6.07) is 0.0835. The second-order valence-electron chi connectivity index (χ2n) is 6.89. The lowest BCUT2D eigenvalue weighted by molar-refractivity contribution is 0.0761. The van der Waals surface area contributed by atoms with Crippen LogP contribution in [0.3, 0.4) is 0 Å². The minimum Gasteiger partial charge on any atom is -0.338 e. The van der Waals surface area contributed by atoms with E-state index < -0.39 is 0 Å². The molecule has 1 saturated carbocycles. The maximum absolute atomic E-state index is 12.7. The van der Waals surface area contributed by atoms with Crippen molar-refractivity contribution in [1.29, 1.82) is 0 Å². The van der Waals surface area contributed by atoms with Gasteiger partial charge in [0.15, 0.2) is 5.82 Å². The van der Waals surface area contributed by atoms with Crippen molar-refractivity contribution in [2.24, 2.45) is 0 Å². The van der Waals surface area contributed by atoms with Crippen molar-refractivity contribution in [3.8, 4) is 0 Å². The van der Waals surface area contributed by atoms with Gasteiger partial charge in [-0.15, -0.1) is 11.3 Å². The average molecular weight is 361 g/mol. The molecule has 3 heterocycles. The lowest BCUT2D eigenvalue weighted by atomic mass is 10.2. The first kappa shape index (κ1) is 16.7. The molecule has 25 heavy (non-hydrogen) atoms. The maximum atomic E-state index is 12.7. The molecule has 1 aliphatic heterocycles. The lowest BCUT2D eigenvalue weighted by Gasteiger charge is -2.25. The highest BCUT2D eigenvalue weighted by Crippen LogP contribution is 2.38. The summed E-state index contributed by atoms with van der Waals surface area (Å²) in [7, 11) is 0. The molecule has 2 aromatic heterocycles. The van der Waals surface area contributed by atoms with Crippen molar-refractivity contribution in [2.75, 3.05) is 26.2 Å². The normalized spacial score (nSPS) is 20.5. The van der Waals surface area contributed by atoms with Gasteiger partial charge in [0.25, 0.3) is 5.91 Å². The first-order valence-corrected chi connectivity index (χ1v) is 9.78. The van der Waals surface area contributed by atoms with E-state index >= 15 is 0 Å². The molecule has 0 spiro atoms. The molecule has 0 unspecified atom stereocenters. The molecule has 0 N–H and O–H groups in total. The monoisotopic (exact) mass is 361 g/mol. The summed E-state index contributed by atoms with van der Waals surface area (Å²) >= 11 is 1.42. The molecule has 134 valence electrons. The minimum atomic E-state index is 0.0835. The third-order valence-electron chi connectivity index (χ3n) is 5.06. The second-order valence-corrected chi connectivity index (χ2v) is 7.74. The Morgan fingerprint density at radius 1 is 1.32 bits per heavy atom. The van der Waals surface area contributed by atoms with Crippen LogP contribution in [0, 0.1) is 6.92 Å². The van der Waals surface area contributed by atoms with Crippen LogP contribution in [0.25, 0.3) is 0 Å². The number of hydrogen-bond donors (Lipinski definition) is 0. The number of thiazole rings is 1. The third kappa shape index (κ3) is 3.46. The fourth-order valence-electron chi connectivity index (χ4n) is 3.26. The van der Waals surface area contributed by atoms with Crippen LogP contribution in [-0.4, -0.2) is 57.0 Å². The van der Waals surface area contributed by atoms with Crippen LogP contribution >= 0.6 is 11.3 Å². The Morgan fingerprint density at radius 3 is 2.88 bits per heavy atom. The fourth-order valence-corrected chi connectivity index (χ4v) is 4.03. The number of carbonyl (C=O) groups excluding carboxylic acids is 1. The molecule has 0 radical (unpaired) electrons. The Balaban J connectivity index is 1.40. The van der Waals surface area contributed by atoms with Crippen LogP contribution in [0.5, 0.6) is 0 Å². The maximum Gasteiger partial charge on any atom is 0.265 e. The zero-order chi connectivity index (χ0) is 17.4. The highest BCUT2D eigenvalue weighted by molar-refractivity contribution is 7.11. The van der Waals surface area contributed by atoms with Gasteiger partial charge >= 0.3 is 0 Å². The molecule has 0 aromatic carbocycles. The molecule has 1 atom stereocenters. The van der Waals surface area contributed by atoms with Gasteiger partial charge in [-0.3, -0.25) is 9.69 Å². The molecule has 2 fully saturated rings. The molecule has 1 saturated heterocycles. The van der Waals surface area contributed by atoms with Crippen molar-refractivity contribution in [1.82, 2.24) is 24.9 Å². The van der Waals surface area contributed by atoms with E-state index in [0.717, 1.165) is 42.5 Å². The Morgan fingerprint density at radius 2 is 2.16 bits per heavy atom. The SMILES string of the molecule is Cc1ncsc1C(=O)N1CCCN([C@H](C)c2nc(C3CC3)no2)CC1. The van der Waals surface area contributed by atoms with Crippen LogP contribution in [0.2, 0.25) is 0 Å². The molecule has 0 bridgehead atoms. The van der Waals surface area contributed by atoms with Crippen LogP contribution < -0.4 is 0 Å². The quantitative estimate of drug-likeness (QED) is 0.833. The van der Waals surface area contributed by atoms with E-state index in [1.165, 1.54) is 24.2 Å². The summed E-state index contributed by atoms with van der Waals surface area (Å²) in [5, 5.41) is 4.12. The highest BCUT2D eigenvalue weighted by atomic mass is 32.1. The average Bonchev–Trinajstić information content (AvgIpc) is 3.27. The van der Waals surface area contributed by atoms with E-state index in [1.807, 2.05) is 11.8 Å². The first-order valence-electron chi connectivity index (χ1n) is 8.90. The number of nitrogens with zero attached hydrogens (tertiary/aromatic N) is 5. The van der Waals surface area contributed by atoms with Crippen LogP contribution in [0.4, 0.5) is 0 Å². The van der Waals surface area contributed by atoms with E-state index in [-0.39, 0.29) is 11.9 Å². The molecule has 4 rings (SSSR count). The minimum absolute atomic E-state index is 0.0835. The number of amides is 1. The van der Waals surface area contributed by atoms with Gasteiger partial charge in [0.2, 0.25) is 5.89 Å². The molecule has 1 amide bonds. The Hall–Kier alpha value is -1.80. The largest absolute Gasteiger partial charge is 0.338 e. The Bertz CT molecular complexity index is 754. The van der Waals surface area contributed by atoms with Crippen molar-refractivity contribution < 1.29 is 9.32 Å². The van der Waals surface area contributed by atoms with Gasteiger partial charge in [-0.05, 0) is 33.1 Å². The smallest absolute Gasteiger partial charge is 0.265 e. The van der Waals surface area contributed by atoms with Crippen molar-refractivity contribution in [3.05, 3.63) is 27.8 Å². The summed E-state index contributed by atoms with van der Waals surface area (Å²) in [5.41, 5.74) is 2.56. The molecule has 2 aromatic rings. The van der Waals surface area contributed by atoms with E-state index in [0.29, 0.717) is 18.4 Å². The zero-order valence-electron chi connectivity index (χ0n) is 14.6. The predicted molar refractivity (Wildman–Crippen MR) is 93.6 cm³/mol. The van der Waals surface area contributed by atoms with E-state index in [2.05, 4.69) is 26.9 Å². The van der Waals surface area contributed by atoms with Gasteiger partial charge in [-0.2, -0.15) is 4.98 Å². The second kappa shape index (κ2) is 6.84. The fraction of sp³-hybridized carbons (Fsp3) is 0.647. The zero-order valence-corrected chi connectivity index (χ0v) is 15.5. The number of aromatic nitrogens is 3. The summed E-state index contributed by atoms with van der Waals surface area (Å²) in [6.45, 7) is 7.22. The molecule has 1 aliphatic carbocycles. The van der Waals surface area contributed by atoms with E-state index in [4.69, 9.17) is 4.52 Å². The topological polar surface area (TPSA) is 75.4 Å². The van der Waals surface area contributed by atoms with Crippen LogP contribution in [0.1, 0.15) is 65.2 Å². The van der Waals surface area contributed by atoms with E-state index in [9.17, 15) is 4.79 Å². The number of aryl methyl sites for hydroxylation is 1. The lowest BCUT2D eigenvalue weighted by Crippen LogP contribution is -2.36. The molecule has 8 heteroatoms. The van der Waals surface area contributed by atoms with Crippen molar-refractivity contribution >= 4 is 17.2 Å². The first-order chi connectivity index (χ1) is 12.1. The van der Waals surface area contributed by atoms with Gasteiger partial charge in [0, 0.05) is 32.1 Å². The Kier molecular flexibility index (Phi) is 4.56. The summed E-state index contributed by atoms with van der Waals surface area (Å²) in [6.07, 6.45) is 3.29. The van der Waals surface area contributed by atoms with Gasteiger partial charge in [-0.25, -0.2) is 4.98 Å². The van der Waals surface area contributed by atoms with E-state index in [1.54, 1.807) is 5.51 Å². The summed E-state index contributed by atoms with van der Waals surface area (Å²) in [5.74, 6) is 2.15. The number of rotatable bonds is 4. The van der Waals surface area contributed by atoms with Crippen LogP contribution in [0.15, 0.2) is 10.0 Å². The van der Waals surface area contributed by atoms with Gasteiger partial charge in [0.1, 0.15) is 4.88 Å². The van der Waals surface area contributed by atoms with Crippen LogP contribution in [-0.2, 0) is 0 Å². The standard InChI is InChI=1S/C17H23N5O2S/c1-11-14(25-10-18-11)17(23)22-7-3-6-21(8-9-22)12(2)16-19-15(20-24-16)13-4-5-13/h10,12-13H,3-9H2,1-2H3/t12-/m1/s1. The highest BCUT2D eigenvalue weighted by Gasteiger charge is 2.31. The summed E-state index contributed by atoms with van der Waals surface area (Å²) < 4.78 is 5.48. The Labute approximate surface area is 151 Å². The summed E-state index contributed by atoms with van der Waals surface area (Å²) in [4.78, 5) is 26.5. The third-order valence-corrected chi connectivity index (χ3v) is 5.98. The van der Waals surface area contributed by atoms with Crippen molar-refractivity contribution in [3.63, 3.8) is 0 Å². The van der Waals surface area contributed by atoms with Gasteiger partial charge in [-0.1, -0.05) is 5.16 Å². The molecular weight excluding hydrogens is 338 g/mol. The number of hydrogen-bond acceptors (Lipinski definition) is 7. The molecule has 2 aliphatic rings. The van der Waals surface area contributed by atoms with Gasteiger partial charge < -0.3 is 9.42 Å². The molecular formula is C17H23N5O2S. The predicted octanol–water partition coefficient (Wildman–Crippen LogP) is 2.62. The molecule has 7 nitrogen and oxygen atoms in total.